The molecule has 0 aliphatic rings. The van der Waals surface area contributed by atoms with Crippen LogP contribution in [0.25, 0.3) is 5.69 Å². The number of hydrogen-bond donors (Lipinski definition) is 1. The Balaban J connectivity index is 1.85. The molecule has 0 saturated heterocycles. The van der Waals surface area contributed by atoms with E-state index in [1.807, 2.05) is 26.0 Å². The zero-order chi connectivity index (χ0) is 21.0. The number of hydrogen-bond acceptors (Lipinski definition) is 4. The van der Waals surface area contributed by atoms with E-state index in [9.17, 15) is 14.4 Å². The molecule has 0 radical (unpaired) electrons. The van der Waals surface area contributed by atoms with E-state index in [1.165, 1.54) is 17.0 Å². The van der Waals surface area contributed by atoms with Crippen molar-refractivity contribution in [3.05, 3.63) is 85.6 Å². The van der Waals surface area contributed by atoms with Gasteiger partial charge >= 0.3 is 11.1 Å². The highest BCUT2D eigenvalue weighted by atomic mass is 79.9. The number of anilines is 1. The number of ether oxygens (including phenoxy) is 1. The van der Waals surface area contributed by atoms with Crippen LogP contribution >= 0.6 is 15.9 Å². The van der Waals surface area contributed by atoms with Gasteiger partial charge in [-0.2, -0.15) is 0 Å². The Morgan fingerprint density at radius 2 is 1.86 bits per heavy atom. The van der Waals surface area contributed by atoms with Crippen molar-refractivity contribution in [2.75, 3.05) is 11.9 Å². The fourth-order valence-electron chi connectivity index (χ4n) is 2.83. The molecule has 0 aliphatic carbocycles. The van der Waals surface area contributed by atoms with Crippen molar-refractivity contribution in [1.29, 1.82) is 0 Å². The fraction of sp³-hybridized carbons (Fsp3) is 0.190. The van der Waals surface area contributed by atoms with E-state index in [4.69, 9.17) is 4.74 Å². The van der Waals surface area contributed by atoms with Gasteiger partial charge in [-0.1, -0.05) is 28.1 Å². The van der Waals surface area contributed by atoms with Gasteiger partial charge in [-0.25, -0.2) is 0 Å². The summed E-state index contributed by atoms with van der Waals surface area (Å²) in [5.74, 6) is 0.0956. The first-order valence-electron chi connectivity index (χ1n) is 9.01. The average molecular weight is 458 g/mol. The van der Waals surface area contributed by atoms with Crippen molar-refractivity contribution in [3.8, 4) is 11.4 Å². The summed E-state index contributed by atoms with van der Waals surface area (Å²) >= 11 is 3.40. The smallest absolute Gasteiger partial charge is 0.321 e. The van der Waals surface area contributed by atoms with E-state index >= 15 is 0 Å². The lowest BCUT2D eigenvalue weighted by molar-refractivity contribution is -0.116. The Kier molecular flexibility index (Phi) is 6.33. The molecule has 0 fully saturated rings. The number of carbonyl (C=O) groups is 1. The standard InChI is InChI=1S/C21H20BrN3O4/c1-3-29-18-7-5-4-6-17(18)25-11-10-24(20(27)21(25)28)13-19(26)23-15-8-9-16(22)14(2)12-15/h4-12H,3,13H2,1-2H3,(H,23,26). The second-order valence-corrected chi connectivity index (χ2v) is 7.17. The summed E-state index contributed by atoms with van der Waals surface area (Å²) in [5.41, 5.74) is 0.504. The summed E-state index contributed by atoms with van der Waals surface area (Å²) in [7, 11) is 0. The Hall–Kier alpha value is -3.13. The highest BCUT2D eigenvalue weighted by molar-refractivity contribution is 9.10. The molecule has 0 unspecified atom stereocenters. The fourth-order valence-corrected chi connectivity index (χ4v) is 3.08. The summed E-state index contributed by atoms with van der Waals surface area (Å²) in [5, 5.41) is 2.73. The summed E-state index contributed by atoms with van der Waals surface area (Å²) in [6.07, 6.45) is 2.87. The molecule has 29 heavy (non-hydrogen) atoms. The topological polar surface area (TPSA) is 82.3 Å². The minimum Gasteiger partial charge on any atom is -0.492 e. The molecule has 150 valence electrons. The molecule has 0 bridgehead atoms. The molecule has 7 nitrogen and oxygen atoms in total. The van der Waals surface area contributed by atoms with Crippen LogP contribution in [0.1, 0.15) is 12.5 Å². The SMILES string of the molecule is CCOc1ccccc1-n1ccn(CC(=O)Nc2ccc(Br)c(C)c2)c(=O)c1=O. The van der Waals surface area contributed by atoms with Gasteiger partial charge in [0.05, 0.1) is 12.3 Å². The first-order chi connectivity index (χ1) is 13.9. The maximum absolute atomic E-state index is 12.6. The lowest BCUT2D eigenvalue weighted by Crippen LogP contribution is -2.41. The lowest BCUT2D eigenvalue weighted by atomic mass is 10.2. The summed E-state index contributed by atoms with van der Waals surface area (Å²) in [4.78, 5) is 37.5. The highest BCUT2D eigenvalue weighted by Crippen LogP contribution is 2.21. The maximum atomic E-state index is 12.6. The monoisotopic (exact) mass is 457 g/mol. The first kappa shape index (κ1) is 20.6. The van der Waals surface area contributed by atoms with Crippen LogP contribution in [0.4, 0.5) is 5.69 Å². The number of benzene rings is 2. The number of carbonyl (C=O) groups excluding carboxylic acids is 1. The van der Waals surface area contributed by atoms with Crippen LogP contribution in [0.5, 0.6) is 5.75 Å². The normalized spacial score (nSPS) is 10.6. The quantitative estimate of drug-likeness (QED) is 0.576. The van der Waals surface area contributed by atoms with Gasteiger partial charge < -0.3 is 10.1 Å². The second kappa shape index (κ2) is 8.91. The second-order valence-electron chi connectivity index (χ2n) is 6.32. The van der Waals surface area contributed by atoms with Crippen molar-refractivity contribution in [3.63, 3.8) is 0 Å². The Morgan fingerprint density at radius 3 is 2.59 bits per heavy atom. The Morgan fingerprint density at radius 1 is 1.10 bits per heavy atom. The number of para-hydroxylation sites is 2. The van der Waals surface area contributed by atoms with Gasteiger partial charge in [-0.3, -0.25) is 23.5 Å². The average Bonchev–Trinajstić information content (AvgIpc) is 2.69. The van der Waals surface area contributed by atoms with E-state index in [2.05, 4.69) is 21.2 Å². The third-order valence-corrected chi connectivity index (χ3v) is 5.13. The van der Waals surface area contributed by atoms with Gasteiger partial charge in [0.15, 0.2) is 0 Å². The van der Waals surface area contributed by atoms with E-state index in [0.29, 0.717) is 23.7 Å². The molecular formula is C21H20BrN3O4. The van der Waals surface area contributed by atoms with Crippen LogP contribution in [0, 0.1) is 6.92 Å². The van der Waals surface area contributed by atoms with Gasteiger partial charge in [-0.15, -0.1) is 0 Å². The van der Waals surface area contributed by atoms with E-state index in [1.54, 1.807) is 30.3 Å². The maximum Gasteiger partial charge on any atom is 0.321 e. The van der Waals surface area contributed by atoms with Crippen LogP contribution in [-0.2, 0) is 11.3 Å². The van der Waals surface area contributed by atoms with E-state index < -0.39 is 17.0 Å². The van der Waals surface area contributed by atoms with Gasteiger partial charge in [-0.05, 0) is 49.7 Å². The predicted octanol–water partition coefficient (Wildman–Crippen LogP) is 3.11. The van der Waals surface area contributed by atoms with Crippen molar-refractivity contribution in [1.82, 2.24) is 9.13 Å². The van der Waals surface area contributed by atoms with E-state index in [-0.39, 0.29) is 6.54 Å². The third kappa shape index (κ3) is 4.65. The van der Waals surface area contributed by atoms with Crippen LogP contribution in [-0.4, -0.2) is 21.6 Å². The molecule has 1 heterocycles. The highest BCUT2D eigenvalue weighted by Gasteiger charge is 2.13. The molecule has 0 atom stereocenters. The number of rotatable bonds is 6. The molecule has 0 spiro atoms. The van der Waals surface area contributed by atoms with Crippen LogP contribution in [0.2, 0.25) is 0 Å². The largest absolute Gasteiger partial charge is 0.492 e. The lowest BCUT2D eigenvalue weighted by Gasteiger charge is -2.13. The molecule has 1 N–H and O–H groups in total. The summed E-state index contributed by atoms with van der Waals surface area (Å²) in [6.45, 7) is 3.91. The molecule has 3 rings (SSSR count). The minimum atomic E-state index is -0.791. The van der Waals surface area contributed by atoms with Gasteiger partial charge in [0.1, 0.15) is 12.3 Å². The van der Waals surface area contributed by atoms with Crippen LogP contribution in [0.3, 0.4) is 0 Å². The van der Waals surface area contributed by atoms with Crippen LogP contribution in [0.15, 0.2) is 68.9 Å². The molecule has 1 aromatic heterocycles. The number of aromatic nitrogens is 2. The molecule has 0 saturated carbocycles. The zero-order valence-corrected chi connectivity index (χ0v) is 17.6. The number of amides is 1. The minimum absolute atomic E-state index is 0.267. The number of nitrogens with one attached hydrogen (secondary N) is 1. The van der Waals surface area contributed by atoms with Crippen molar-refractivity contribution in [2.45, 2.75) is 20.4 Å². The van der Waals surface area contributed by atoms with Crippen LogP contribution < -0.4 is 21.2 Å². The van der Waals surface area contributed by atoms with Crippen molar-refractivity contribution in [2.24, 2.45) is 0 Å². The van der Waals surface area contributed by atoms with Gasteiger partial charge in [0, 0.05) is 22.6 Å². The summed E-state index contributed by atoms with van der Waals surface area (Å²) < 4.78 is 8.77. The Labute approximate surface area is 175 Å². The van der Waals surface area contributed by atoms with Crippen molar-refractivity contribution >= 4 is 27.5 Å². The number of nitrogens with zero attached hydrogens (tertiary/aromatic N) is 2. The predicted molar refractivity (Wildman–Crippen MR) is 115 cm³/mol. The first-order valence-corrected chi connectivity index (χ1v) is 9.80. The van der Waals surface area contributed by atoms with Gasteiger partial charge in [0.25, 0.3) is 0 Å². The molecular weight excluding hydrogens is 438 g/mol. The number of aryl methyl sites for hydroxylation is 1. The molecule has 0 aliphatic heterocycles. The zero-order valence-electron chi connectivity index (χ0n) is 16.0. The van der Waals surface area contributed by atoms with E-state index in [0.717, 1.165) is 14.6 Å². The molecule has 1 amide bonds. The van der Waals surface area contributed by atoms with Gasteiger partial charge in [0.2, 0.25) is 5.91 Å². The third-order valence-electron chi connectivity index (χ3n) is 4.24. The molecule has 3 aromatic rings. The molecule has 8 heteroatoms. The summed E-state index contributed by atoms with van der Waals surface area (Å²) in [6, 6.07) is 12.4. The molecule has 2 aromatic carbocycles. The Bertz CT molecular complexity index is 1170. The number of halogens is 1. The van der Waals surface area contributed by atoms with Crippen molar-refractivity contribution < 1.29 is 9.53 Å².